The van der Waals surface area contributed by atoms with Gasteiger partial charge in [-0.05, 0) is 36.5 Å². The molecule has 1 aromatic rings. The van der Waals surface area contributed by atoms with Crippen LogP contribution < -0.4 is 4.74 Å². The molecule has 2 heteroatoms. The second kappa shape index (κ2) is 6.06. The lowest BCUT2D eigenvalue weighted by Gasteiger charge is -2.11. The van der Waals surface area contributed by atoms with Crippen molar-refractivity contribution in [3.63, 3.8) is 0 Å². The molecule has 0 saturated carbocycles. The van der Waals surface area contributed by atoms with E-state index in [-0.39, 0.29) is 0 Å². The summed E-state index contributed by atoms with van der Waals surface area (Å²) in [7, 11) is 0. The van der Waals surface area contributed by atoms with Crippen LogP contribution in [-0.2, 0) is 4.74 Å². The number of ether oxygens (including phenoxy) is 2. The highest BCUT2D eigenvalue weighted by atomic mass is 16.5. The van der Waals surface area contributed by atoms with Crippen LogP contribution in [0.25, 0.3) is 0 Å². The van der Waals surface area contributed by atoms with Gasteiger partial charge in [0.25, 0.3) is 0 Å². The summed E-state index contributed by atoms with van der Waals surface area (Å²) in [4.78, 5) is 0. The van der Waals surface area contributed by atoms with Crippen LogP contribution in [0.2, 0.25) is 0 Å². The van der Waals surface area contributed by atoms with Crippen molar-refractivity contribution in [1.29, 1.82) is 0 Å². The molecule has 1 unspecified atom stereocenters. The van der Waals surface area contributed by atoms with Gasteiger partial charge in [-0.2, -0.15) is 0 Å². The molecule has 1 aromatic carbocycles. The van der Waals surface area contributed by atoms with Crippen molar-refractivity contribution < 1.29 is 9.47 Å². The van der Waals surface area contributed by atoms with E-state index in [9.17, 15) is 0 Å². The molecule has 0 radical (unpaired) electrons. The third-order valence-corrected chi connectivity index (χ3v) is 3.28. The average molecular weight is 234 g/mol. The number of benzene rings is 1. The summed E-state index contributed by atoms with van der Waals surface area (Å²) >= 11 is 0. The second-order valence-electron chi connectivity index (χ2n) is 5.00. The van der Waals surface area contributed by atoms with Crippen molar-refractivity contribution in [2.75, 3.05) is 13.2 Å². The first-order chi connectivity index (χ1) is 8.25. The van der Waals surface area contributed by atoms with Crippen LogP contribution in [0.15, 0.2) is 24.3 Å². The van der Waals surface area contributed by atoms with Gasteiger partial charge in [0, 0.05) is 13.0 Å². The first kappa shape index (κ1) is 12.4. The molecular formula is C15H22O2. The van der Waals surface area contributed by atoms with E-state index in [1.54, 1.807) is 0 Å². The molecule has 0 aromatic heterocycles. The molecule has 0 spiro atoms. The Morgan fingerprint density at radius 1 is 1.29 bits per heavy atom. The van der Waals surface area contributed by atoms with Gasteiger partial charge < -0.3 is 9.47 Å². The first-order valence-electron chi connectivity index (χ1n) is 6.60. The Morgan fingerprint density at radius 2 is 2.06 bits per heavy atom. The molecule has 0 N–H and O–H groups in total. The summed E-state index contributed by atoms with van der Waals surface area (Å²) in [5.41, 5.74) is 1.36. The molecule has 2 nitrogen and oxygen atoms in total. The summed E-state index contributed by atoms with van der Waals surface area (Å²) in [5.74, 6) is 1.54. The average Bonchev–Trinajstić information content (AvgIpc) is 2.83. The first-order valence-corrected chi connectivity index (χ1v) is 6.60. The van der Waals surface area contributed by atoms with Crippen molar-refractivity contribution in [2.24, 2.45) is 0 Å². The zero-order valence-electron chi connectivity index (χ0n) is 10.8. The SMILES string of the molecule is CC(C)c1ccc(OCCC2CCCO2)cc1. The summed E-state index contributed by atoms with van der Waals surface area (Å²) in [6, 6.07) is 8.41. The zero-order valence-corrected chi connectivity index (χ0v) is 10.8. The van der Waals surface area contributed by atoms with E-state index in [1.165, 1.54) is 18.4 Å². The molecule has 0 bridgehead atoms. The fourth-order valence-corrected chi connectivity index (χ4v) is 2.13. The Kier molecular flexibility index (Phi) is 4.43. The highest BCUT2D eigenvalue weighted by Gasteiger charge is 2.14. The minimum absolute atomic E-state index is 0.421. The molecule has 1 aliphatic rings. The smallest absolute Gasteiger partial charge is 0.119 e. The molecular weight excluding hydrogens is 212 g/mol. The lowest BCUT2D eigenvalue weighted by atomic mass is 10.0. The van der Waals surface area contributed by atoms with Crippen LogP contribution in [0.3, 0.4) is 0 Å². The largest absolute Gasteiger partial charge is 0.493 e. The van der Waals surface area contributed by atoms with Crippen molar-refractivity contribution in [3.05, 3.63) is 29.8 Å². The fraction of sp³-hybridized carbons (Fsp3) is 0.600. The van der Waals surface area contributed by atoms with Gasteiger partial charge in [-0.25, -0.2) is 0 Å². The van der Waals surface area contributed by atoms with Crippen LogP contribution >= 0.6 is 0 Å². The molecule has 94 valence electrons. The maximum absolute atomic E-state index is 5.72. The van der Waals surface area contributed by atoms with Gasteiger partial charge in [-0.15, -0.1) is 0 Å². The summed E-state index contributed by atoms with van der Waals surface area (Å²) in [6.45, 7) is 6.08. The van der Waals surface area contributed by atoms with Crippen LogP contribution in [0.4, 0.5) is 0 Å². The van der Waals surface area contributed by atoms with E-state index in [4.69, 9.17) is 9.47 Å². The predicted octanol–water partition coefficient (Wildman–Crippen LogP) is 3.76. The van der Waals surface area contributed by atoms with Gasteiger partial charge in [0.1, 0.15) is 5.75 Å². The van der Waals surface area contributed by atoms with Gasteiger partial charge in [-0.3, -0.25) is 0 Å². The molecule has 0 amide bonds. The predicted molar refractivity (Wildman–Crippen MR) is 69.6 cm³/mol. The molecule has 1 atom stereocenters. The van der Waals surface area contributed by atoms with Gasteiger partial charge in [0.05, 0.1) is 12.7 Å². The van der Waals surface area contributed by atoms with Gasteiger partial charge in [-0.1, -0.05) is 26.0 Å². The maximum Gasteiger partial charge on any atom is 0.119 e. The zero-order chi connectivity index (χ0) is 12.1. The summed E-state index contributed by atoms with van der Waals surface area (Å²) in [6.07, 6.45) is 3.82. The second-order valence-corrected chi connectivity index (χ2v) is 5.00. The Bertz CT molecular complexity index is 323. The normalized spacial score (nSPS) is 19.8. The number of rotatable bonds is 5. The molecule has 1 heterocycles. The standard InChI is InChI=1S/C15H22O2/c1-12(2)13-5-7-15(8-6-13)17-11-9-14-4-3-10-16-14/h5-8,12,14H,3-4,9-11H2,1-2H3. The summed E-state index contributed by atoms with van der Waals surface area (Å²) in [5, 5.41) is 0. The Labute approximate surface area is 104 Å². The highest BCUT2D eigenvalue weighted by Crippen LogP contribution is 2.20. The monoisotopic (exact) mass is 234 g/mol. The van der Waals surface area contributed by atoms with Gasteiger partial charge in [0.15, 0.2) is 0 Å². The van der Waals surface area contributed by atoms with E-state index < -0.39 is 0 Å². The van der Waals surface area contributed by atoms with Crippen molar-refractivity contribution in [1.82, 2.24) is 0 Å². The Morgan fingerprint density at radius 3 is 2.65 bits per heavy atom. The van der Waals surface area contributed by atoms with Gasteiger partial charge >= 0.3 is 0 Å². The molecule has 1 fully saturated rings. The lowest BCUT2D eigenvalue weighted by molar-refractivity contribution is 0.0903. The van der Waals surface area contributed by atoms with Crippen LogP contribution in [0.5, 0.6) is 5.75 Å². The molecule has 1 aliphatic heterocycles. The van der Waals surface area contributed by atoms with Crippen molar-refractivity contribution in [3.8, 4) is 5.75 Å². The van der Waals surface area contributed by atoms with E-state index in [1.807, 2.05) is 0 Å². The maximum atomic E-state index is 5.72. The topological polar surface area (TPSA) is 18.5 Å². The van der Waals surface area contributed by atoms with Crippen molar-refractivity contribution >= 4 is 0 Å². The fourth-order valence-electron chi connectivity index (χ4n) is 2.13. The van der Waals surface area contributed by atoms with E-state index in [0.29, 0.717) is 12.0 Å². The number of hydrogen-bond acceptors (Lipinski definition) is 2. The van der Waals surface area contributed by atoms with Crippen LogP contribution in [-0.4, -0.2) is 19.3 Å². The minimum Gasteiger partial charge on any atom is -0.493 e. The molecule has 0 aliphatic carbocycles. The highest BCUT2D eigenvalue weighted by molar-refractivity contribution is 5.28. The quantitative estimate of drug-likeness (QED) is 0.772. The van der Waals surface area contributed by atoms with Crippen molar-refractivity contribution in [2.45, 2.75) is 45.1 Å². The third kappa shape index (κ3) is 3.74. The van der Waals surface area contributed by atoms with Gasteiger partial charge in [0.2, 0.25) is 0 Å². The summed E-state index contributed by atoms with van der Waals surface area (Å²) < 4.78 is 11.3. The van der Waals surface area contributed by atoms with Crippen LogP contribution in [0, 0.1) is 0 Å². The van der Waals surface area contributed by atoms with E-state index in [2.05, 4.69) is 38.1 Å². The van der Waals surface area contributed by atoms with Crippen LogP contribution in [0.1, 0.15) is 44.6 Å². The van der Waals surface area contributed by atoms with E-state index >= 15 is 0 Å². The third-order valence-electron chi connectivity index (χ3n) is 3.28. The Balaban J connectivity index is 1.74. The molecule has 2 rings (SSSR count). The van der Waals surface area contributed by atoms with E-state index in [0.717, 1.165) is 25.4 Å². The minimum atomic E-state index is 0.421. The molecule has 17 heavy (non-hydrogen) atoms. The lowest BCUT2D eigenvalue weighted by Crippen LogP contribution is -2.10. The number of hydrogen-bond donors (Lipinski definition) is 0. The molecule has 1 saturated heterocycles. The Hall–Kier alpha value is -1.02.